The van der Waals surface area contributed by atoms with Crippen LogP contribution in [0.5, 0.6) is 0 Å². The van der Waals surface area contributed by atoms with E-state index in [1.54, 1.807) is 12.1 Å². The van der Waals surface area contributed by atoms with Gasteiger partial charge < -0.3 is 4.90 Å². The first-order valence-electron chi connectivity index (χ1n) is 5.71. The van der Waals surface area contributed by atoms with Crippen LogP contribution in [0.4, 0.5) is 4.39 Å². The molecule has 0 saturated heterocycles. The van der Waals surface area contributed by atoms with Gasteiger partial charge in [0.1, 0.15) is 5.82 Å². The summed E-state index contributed by atoms with van der Waals surface area (Å²) in [6.07, 6.45) is 0. The second kappa shape index (κ2) is 4.96. The van der Waals surface area contributed by atoms with Gasteiger partial charge in [-0.05, 0) is 37.2 Å². The molecule has 0 saturated carbocycles. The molecular formula is C14H22FN. The molecule has 0 fully saturated rings. The Labute approximate surface area is 98.3 Å². The normalized spacial score (nSPS) is 14.2. The monoisotopic (exact) mass is 223 g/mol. The van der Waals surface area contributed by atoms with Crippen molar-refractivity contribution in [2.24, 2.45) is 5.41 Å². The Morgan fingerprint density at radius 3 is 2.00 bits per heavy atom. The molecule has 0 unspecified atom stereocenters. The Hall–Kier alpha value is -0.890. The van der Waals surface area contributed by atoms with Crippen molar-refractivity contribution in [1.82, 2.24) is 4.90 Å². The quantitative estimate of drug-likeness (QED) is 0.758. The summed E-state index contributed by atoms with van der Waals surface area (Å²) in [6.45, 7) is 7.66. The Kier molecular flexibility index (Phi) is 4.09. The Balaban J connectivity index is 2.97. The minimum Gasteiger partial charge on any atom is -0.309 e. The van der Waals surface area contributed by atoms with Crippen LogP contribution in [0.25, 0.3) is 0 Å². The van der Waals surface area contributed by atoms with Crippen molar-refractivity contribution >= 4 is 0 Å². The Morgan fingerprint density at radius 1 is 1.12 bits per heavy atom. The van der Waals surface area contributed by atoms with E-state index in [4.69, 9.17) is 0 Å². The summed E-state index contributed by atoms with van der Waals surface area (Å²) < 4.78 is 12.9. The van der Waals surface area contributed by atoms with Crippen molar-refractivity contribution in [3.63, 3.8) is 0 Å². The third-order valence-corrected chi connectivity index (χ3v) is 2.87. The highest BCUT2D eigenvalue weighted by atomic mass is 19.1. The number of halogens is 1. The molecule has 0 aromatic heterocycles. The van der Waals surface area contributed by atoms with E-state index in [9.17, 15) is 4.39 Å². The number of benzene rings is 1. The van der Waals surface area contributed by atoms with Gasteiger partial charge in [0.25, 0.3) is 0 Å². The number of rotatable bonds is 3. The summed E-state index contributed by atoms with van der Waals surface area (Å²) in [5.41, 5.74) is 1.39. The van der Waals surface area contributed by atoms with Gasteiger partial charge >= 0.3 is 0 Å². The maximum atomic E-state index is 12.9. The van der Waals surface area contributed by atoms with E-state index in [1.165, 1.54) is 5.56 Å². The van der Waals surface area contributed by atoms with Crippen molar-refractivity contribution in [2.75, 3.05) is 20.6 Å². The summed E-state index contributed by atoms with van der Waals surface area (Å²) >= 11 is 0. The number of likely N-dealkylation sites (N-methyl/N-ethyl adjacent to an activating group) is 1. The highest BCUT2D eigenvalue weighted by molar-refractivity contribution is 5.22. The Morgan fingerprint density at radius 2 is 1.62 bits per heavy atom. The van der Waals surface area contributed by atoms with Crippen LogP contribution in [0.15, 0.2) is 24.3 Å². The second-order valence-electron chi connectivity index (χ2n) is 5.73. The lowest BCUT2D eigenvalue weighted by Crippen LogP contribution is -2.29. The van der Waals surface area contributed by atoms with Gasteiger partial charge in [0.15, 0.2) is 0 Å². The molecular weight excluding hydrogens is 201 g/mol. The summed E-state index contributed by atoms with van der Waals surface area (Å²) in [5.74, 6) is 0.254. The highest BCUT2D eigenvalue weighted by Crippen LogP contribution is 2.35. The molecule has 0 spiro atoms. The minimum absolute atomic E-state index is 0.165. The highest BCUT2D eigenvalue weighted by Gasteiger charge is 2.26. The smallest absolute Gasteiger partial charge is 0.123 e. The van der Waals surface area contributed by atoms with Crippen LogP contribution in [-0.2, 0) is 0 Å². The maximum absolute atomic E-state index is 12.9. The first kappa shape index (κ1) is 13.2. The van der Waals surface area contributed by atoms with Crippen LogP contribution >= 0.6 is 0 Å². The fourth-order valence-corrected chi connectivity index (χ4v) is 1.94. The van der Waals surface area contributed by atoms with Gasteiger partial charge in [-0.1, -0.05) is 32.9 Å². The summed E-state index contributed by atoms with van der Waals surface area (Å²) in [7, 11) is 4.14. The molecule has 90 valence electrons. The molecule has 1 nitrogen and oxygen atoms in total. The van der Waals surface area contributed by atoms with Gasteiger partial charge in [0.05, 0.1) is 0 Å². The van der Waals surface area contributed by atoms with E-state index in [0.717, 1.165) is 6.54 Å². The first-order valence-corrected chi connectivity index (χ1v) is 5.71. The van der Waals surface area contributed by atoms with Crippen LogP contribution in [0, 0.1) is 11.2 Å². The van der Waals surface area contributed by atoms with E-state index in [0.29, 0.717) is 5.92 Å². The number of hydrogen-bond acceptors (Lipinski definition) is 1. The molecule has 0 N–H and O–H groups in total. The van der Waals surface area contributed by atoms with Crippen LogP contribution in [0.2, 0.25) is 0 Å². The topological polar surface area (TPSA) is 3.24 Å². The van der Waals surface area contributed by atoms with Gasteiger partial charge in [-0.2, -0.15) is 0 Å². The zero-order chi connectivity index (χ0) is 12.3. The van der Waals surface area contributed by atoms with Crippen molar-refractivity contribution in [3.8, 4) is 0 Å². The van der Waals surface area contributed by atoms with E-state index in [-0.39, 0.29) is 11.2 Å². The Bertz CT molecular complexity index is 322. The zero-order valence-corrected chi connectivity index (χ0v) is 10.9. The van der Waals surface area contributed by atoms with Gasteiger partial charge in [-0.25, -0.2) is 4.39 Å². The van der Waals surface area contributed by atoms with Gasteiger partial charge in [0.2, 0.25) is 0 Å². The predicted octanol–water partition coefficient (Wildman–Crippen LogP) is 3.52. The lowest BCUT2D eigenvalue weighted by molar-refractivity contribution is 0.249. The lowest BCUT2D eigenvalue weighted by atomic mass is 9.76. The molecule has 2 heteroatoms. The molecule has 1 rings (SSSR count). The van der Waals surface area contributed by atoms with Crippen molar-refractivity contribution in [2.45, 2.75) is 26.7 Å². The average Bonchev–Trinajstić information content (AvgIpc) is 2.14. The van der Waals surface area contributed by atoms with Gasteiger partial charge in [-0.3, -0.25) is 0 Å². The maximum Gasteiger partial charge on any atom is 0.123 e. The van der Waals surface area contributed by atoms with E-state index >= 15 is 0 Å². The first-order chi connectivity index (χ1) is 7.30. The molecule has 1 atom stereocenters. The molecule has 16 heavy (non-hydrogen) atoms. The molecule has 0 bridgehead atoms. The number of nitrogens with zero attached hydrogens (tertiary/aromatic N) is 1. The lowest BCUT2D eigenvalue weighted by Gasteiger charge is -2.33. The largest absolute Gasteiger partial charge is 0.309 e. The summed E-state index contributed by atoms with van der Waals surface area (Å²) in [4.78, 5) is 2.18. The molecule has 0 aliphatic rings. The standard InChI is InChI=1S/C14H22FN/c1-14(2,3)13(10-16(4)5)11-6-8-12(15)9-7-11/h6-9,13H,10H2,1-5H3/t13-/m1/s1. The van der Waals surface area contributed by atoms with E-state index < -0.39 is 0 Å². The van der Waals surface area contributed by atoms with E-state index in [2.05, 4.69) is 39.8 Å². The minimum atomic E-state index is -0.165. The fourth-order valence-electron chi connectivity index (χ4n) is 1.94. The second-order valence-corrected chi connectivity index (χ2v) is 5.73. The van der Waals surface area contributed by atoms with Gasteiger partial charge in [-0.15, -0.1) is 0 Å². The van der Waals surface area contributed by atoms with Crippen molar-refractivity contribution in [3.05, 3.63) is 35.6 Å². The van der Waals surface area contributed by atoms with Crippen molar-refractivity contribution in [1.29, 1.82) is 0 Å². The van der Waals surface area contributed by atoms with Crippen molar-refractivity contribution < 1.29 is 4.39 Å². The van der Waals surface area contributed by atoms with Crippen LogP contribution < -0.4 is 0 Å². The number of hydrogen-bond donors (Lipinski definition) is 0. The summed E-state index contributed by atoms with van der Waals surface area (Å²) in [5, 5.41) is 0. The van der Waals surface area contributed by atoms with Gasteiger partial charge in [0, 0.05) is 12.5 Å². The SMILES string of the molecule is CN(C)C[C@H](c1ccc(F)cc1)C(C)(C)C. The molecule has 0 aliphatic carbocycles. The average molecular weight is 223 g/mol. The molecule has 0 radical (unpaired) electrons. The zero-order valence-electron chi connectivity index (χ0n) is 10.9. The molecule has 0 aliphatic heterocycles. The fraction of sp³-hybridized carbons (Fsp3) is 0.571. The molecule has 1 aromatic rings. The summed E-state index contributed by atoms with van der Waals surface area (Å²) in [6, 6.07) is 6.89. The van der Waals surface area contributed by atoms with E-state index in [1.807, 2.05) is 12.1 Å². The predicted molar refractivity (Wildman–Crippen MR) is 67.2 cm³/mol. The third kappa shape index (κ3) is 3.60. The third-order valence-electron chi connectivity index (χ3n) is 2.87. The van der Waals surface area contributed by atoms with Crippen LogP contribution in [-0.4, -0.2) is 25.5 Å². The van der Waals surface area contributed by atoms with Crippen LogP contribution in [0.3, 0.4) is 0 Å². The molecule has 0 amide bonds. The molecule has 0 heterocycles. The molecule has 1 aromatic carbocycles. The van der Waals surface area contributed by atoms with Crippen LogP contribution in [0.1, 0.15) is 32.3 Å².